The van der Waals surface area contributed by atoms with Gasteiger partial charge in [-0.1, -0.05) is 30.7 Å². The largest absolute Gasteiger partial charge is 0.326 e. The lowest BCUT2D eigenvalue weighted by Crippen LogP contribution is -2.08. The molecule has 0 bridgehead atoms. The highest BCUT2D eigenvalue weighted by atomic mass is 35.5. The average molecular weight is 250 g/mol. The Labute approximate surface area is 106 Å². The van der Waals surface area contributed by atoms with Crippen LogP contribution < -0.4 is 5.73 Å². The van der Waals surface area contributed by atoms with Gasteiger partial charge in [0.2, 0.25) is 0 Å². The molecule has 4 heteroatoms. The fourth-order valence-corrected chi connectivity index (χ4v) is 2.05. The number of nitrogens with zero attached hydrogens (tertiary/aromatic N) is 2. The number of hydrogen-bond acceptors (Lipinski definition) is 2. The minimum Gasteiger partial charge on any atom is -0.326 e. The Bertz CT molecular complexity index is 488. The zero-order valence-corrected chi connectivity index (χ0v) is 10.6. The first-order chi connectivity index (χ1) is 8.24. The van der Waals surface area contributed by atoms with Crippen molar-refractivity contribution >= 4 is 11.6 Å². The van der Waals surface area contributed by atoms with Crippen molar-refractivity contribution in [2.24, 2.45) is 5.73 Å². The minimum absolute atomic E-state index is 0.545. The third kappa shape index (κ3) is 2.68. The van der Waals surface area contributed by atoms with Crippen LogP contribution in [-0.2, 0) is 19.5 Å². The van der Waals surface area contributed by atoms with Gasteiger partial charge in [0.05, 0.1) is 12.7 Å². The van der Waals surface area contributed by atoms with Crippen LogP contribution in [0.2, 0.25) is 5.02 Å². The predicted octanol–water partition coefficient (Wildman–Crippen LogP) is 2.61. The van der Waals surface area contributed by atoms with Gasteiger partial charge in [0.1, 0.15) is 0 Å². The Kier molecular flexibility index (Phi) is 3.82. The monoisotopic (exact) mass is 249 g/mol. The van der Waals surface area contributed by atoms with Crippen LogP contribution in [0.4, 0.5) is 0 Å². The summed E-state index contributed by atoms with van der Waals surface area (Å²) in [6, 6.07) is 7.84. The van der Waals surface area contributed by atoms with Gasteiger partial charge in [-0.05, 0) is 24.1 Å². The van der Waals surface area contributed by atoms with Crippen molar-refractivity contribution in [2.45, 2.75) is 26.4 Å². The molecule has 0 fully saturated rings. The Morgan fingerprint density at radius 3 is 2.59 bits per heavy atom. The van der Waals surface area contributed by atoms with E-state index < -0.39 is 0 Å². The number of benzene rings is 1. The van der Waals surface area contributed by atoms with Gasteiger partial charge in [-0.2, -0.15) is 5.10 Å². The Morgan fingerprint density at radius 2 is 2.00 bits per heavy atom. The van der Waals surface area contributed by atoms with Crippen molar-refractivity contribution < 1.29 is 0 Å². The molecule has 0 aliphatic carbocycles. The standard InChI is InChI=1S/C13H16ClN3/c1-2-13-11(7-15)8-16-17(13)9-10-3-5-12(14)6-4-10/h3-6,8H,2,7,9,15H2,1H3. The maximum Gasteiger partial charge on any atom is 0.0662 e. The highest BCUT2D eigenvalue weighted by Gasteiger charge is 2.07. The minimum atomic E-state index is 0.545. The van der Waals surface area contributed by atoms with E-state index in [-0.39, 0.29) is 0 Å². The lowest BCUT2D eigenvalue weighted by molar-refractivity contribution is 0.647. The lowest BCUT2D eigenvalue weighted by Gasteiger charge is -2.07. The number of nitrogens with two attached hydrogens (primary N) is 1. The van der Waals surface area contributed by atoms with Gasteiger partial charge in [-0.25, -0.2) is 0 Å². The summed E-state index contributed by atoms with van der Waals surface area (Å²) in [5.74, 6) is 0. The molecule has 0 saturated carbocycles. The van der Waals surface area contributed by atoms with Gasteiger partial charge in [-0.3, -0.25) is 4.68 Å². The normalized spacial score (nSPS) is 10.8. The predicted molar refractivity (Wildman–Crippen MR) is 70.1 cm³/mol. The van der Waals surface area contributed by atoms with Crippen LogP contribution in [0.1, 0.15) is 23.7 Å². The summed E-state index contributed by atoms with van der Waals surface area (Å²) in [5.41, 5.74) is 9.21. The van der Waals surface area contributed by atoms with Crippen LogP contribution in [0.15, 0.2) is 30.5 Å². The molecule has 17 heavy (non-hydrogen) atoms. The van der Waals surface area contributed by atoms with E-state index in [1.165, 1.54) is 11.3 Å². The number of rotatable bonds is 4. The molecule has 0 radical (unpaired) electrons. The smallest absolute Gasteiger partial charge is 0.0662 e. The molecule has 2 rings (SSSR count). The number of halogens is 1. The molecule has 0 aliphatic rings. The van der Waals surface area contributed by atoms with E-state index in [1.54, 1.807) is 0 Å². The zero-order valence-electron chi connectivity index (χ0n) is 9.86. The SMILES string of the molecule is CCc1c(CN)cnn1Cc1ccc(Cl)cc1. The molecule has 0 atom stereocenters. The zero-order chi connectivity index (χ0) is 12.3. The van der Waals surface area contributed by atoms with E-state index in [2.05, 4.69) is 12.0 Å². The van der Waals surface area contributed by atoms with Gasteiger partial charge in [0, 0.05) is 22.8 Å². The molecule has 1 heterocycles. The first-order valence-corrected chi connectivity index (χ1v) is 6.10. The molecule has 3 nitrogen and oxygen atoms in total. The molecule has 1 aromatic carbocycles. The average Bonchev–Trinajstić information content (AvgIpc) is 2.74. The van der Waals surface area contributed by atoms with Crippen LogP contribution in [0.25, 0.3) is 0 Å². The summed E-state index contributed by atoms with van der Waals surface area (Å²) < 4.78 is 2.01. The maximum absolute atomic E-state index is 5.86. The van der Waals surface area contributed by atoms with Crippen molar-refractivity contribution in [3.63, 3.8) is 0 Å². The van der Waals surface area contributed by atoms with Crippen LogP contribution in [0, 0.1) is 0 Å². The Hall–Kier alpha value is -1.32. The molecule has 0 aliphatic heterocycles. The first kappa shape index (κ1) is 12.1. The third-order valence-electron chi connectivity index (χ3n) is 2.84. The molecule has 0 amide bonds. The molecule has 0 unspecified atom stereocenters. The molecule has 0 spiro atoms. The van der Waals surface area contributed by atoms with Gasteiger partial charge in [0.25, 0.3) is 0 Å². The summed E-state index contributed by atoms with van der Waals surface area (Å²) in [5, 5.41) is 5.14. The van der Waals surface area contributed by atoms with Gasteiger partial charge in [0.15, 0.2) is 0 Å². The van der Waals surface area contributed by atoms with Crippen molar-refractivity contribution in [3.8, 4) is 0 Å². The van der Waals surface area contributed by atoms with Gasteiger partial charge < -0.3 is 5.73 Å². The van der Waals surface area contributed by atoms with E-state index in [1.807, 2.05) is 35.1 Å². The fourth-order valence-electron chi connectivity index (χ4n) is 1.93. The second-order valence-electron chi connectivity index (χ2n) is 3.96. The van der Waals surface area contributed by atoms with E-state index in [4.69, 9.17) is 17.3 Å². The van der Waals surface area contributed by atoms with Crippen molar-refractivity contribution in [1.82, 2.24) is 9.78 Å². The second kappa shape index (κ2) is 5.34. The maximum atomic E-state index is 5.86. The Balaban J connectivity index is 2.23. The molecule has 1 aromatic heterocycles. The lowest BCUT2D eigenvalue weighted by atomic mass is 10.2. The summed E-state index contributed by atoms with van der Waals surface area (Å²) in [6.07, 6.45) is 2.80. The second-order valence-corrected chi connectivity index (χ2v) is 4.39. The van der Waals surface area contributed by atoms with Crippen LogP contribution in [-0.4, -0.2) is 9.78 Å². The van der Waals surface area contributed by atoms with Crippen LogP contribution >= 0.6 is 11.6 Å². The van der Waals surface area contributed by atoms with Crippen molar-refractivity contribution in [2.75, 3.05) is 0 Å². The van der Waals surface area contributed by atoms with E-state index >= 15 is 0 Å². The quantitative estimate of drug-likeness (QED) is 0.905. The fraction of sp³-hybridized carbons (Fsp3) is 0.308. The van der Waals surface area contributed by atoms with Crippen molar-refractivity contribution in [3.05, 3.63) is 52.3 Å². The highest BCUT2D eigenvalue weighted by Crippen LogP contribution is 2.14. The Morgan fingerprint density at radius 1 is 1.29 bits per heavy atom. The number of aromatic nitrogens is 2. The van der Waals surface area contributed by atoms with Gasteiger partial charge in [-0.15, -0.1) is 0 Å². The highest BCUT2D eigenvalue weighted by molar-refractivity contribution is 6.30. The third-order valence-corrected chi connectivity index (χ3v) is 3.09. The van der Waals surface area contributed by atoms with E-state index in [0.717, 1.165) is 23.6 Å². The summed E-state index contributed by atoms with van der Waals surface area (Å²) in [7, 11) is 0. The molecule has 90 valence electrons. The molecule has 2 N–H and O–H groups in total. The summed E-state index contributed by atoms with van der Waals surface area (Å²) in [4.78, 5) is 0. The van der Waals surface area contributed by atoms with Gasteiger partial charge >= 0.3 is 0 Å². The first-order valence-electron chi connectivity index (χ1n) is 5.72. The van der Waals surface area contributed by atoms with Crippen LogP contribution in [0.3, 0.4) is 0 Å². The summed E-state index contributed by atoms with van der Waals surface area (Å²) >= 11 is 5.86. The molecular weight excluding hydrogens is 234 g/mol. The van der Waals surface area contributed by atoms with Crippen molar-refractivity contribution in [1.29, 1.82) is 0 Å². The molecule has 2 aromatic rings. The van der Waals surface area contributed by atoms with E-state index in [9.17, 15) is 0 Å². The topological polar surface area (TPSA) is 43.8 Å². The molecular formula is C13H16ClN3. The van der Waals surface area contributed by atoms with E-state index in [0.29, 0.717) is 6.54 Å². The summed E-state index contributed by atoms with van der Waals surface area (Å²) in [6.45, 7) is 3.43. The molecule has 0 saturated heterocycles. The van der Waals surface area contributed by atoms with Crippen LogP contribution in [0.5, 0.6) is 0 Å². The number of hydrogen-bond donors (Lipinski definition) is 1.